The van der Waals surface area contributed by atoms with E-state index in [1.807, 2.05) is 74.9 Å². The van der Waals surface area contributed by atoms with Crippen molar-refractivity contribution in [1.82, 2.24) is 19.3 Å². The monoisotopic (exact) mass is 801 g/mol. The van der Waals surface area contributed by atoms with Crippen LogP contribution in [0.3, 0.4) is 0 Å². The van der Waals surface area contributed by atoms with Crippen molar-refractivity contribution in [3.63, 3.8) is 0 Å². The predicted octanol–water partition coefficient (Wildman–Crippen LogP) is 9.34. The first-order valence-electron chi connectivity index (χ1n) is 15.6. The summed E-state index contributed by atoms with van der Waals surface area (Å²) in [6, 6.07) is 35.1. The van der Waals surface area contributed by atoms with Crippen molar-refractivity contribution in [2.24, 2.45) is 0 Å². The molecule has 0 unspecified atom stereocenters. The topological polar surface area (TPSA) is 63.3 Å². The summed E-state index contributed by atoms with van der Waals surface area (Å²) in [5.74, 6) is 3.88. The SMILES string of the molecule is CCOc1cccc(OCC)c1-c1cnn(-c2[c-]c(Oc3[c-]c4c(cc3)c3ccccc3n4-c3cc(C(C)C)ccn3)ccc2)c1.[Pt+2]. The summed E-state index contributed by atoms with van der Waals surface area (Å²) in [6.45, 7) is 9.42. The normalized spacial score (nSPS) is 11.2. The molecule has 8 heteroatoms. The zero-order valence-corrected chi connectivity index (χ0v) is 28.9. The maximum atomic E-state index is 6.37. The fraction of sp³-hybridized carbons (Fsp3) is 0.179. The van der Waals surface area contributed by atoms with Crippen LogP contribution in [0, 0.1) is 12.1 Å². The number of fused-ring (bicyclic) bond motifs is 3. The fourth-order valence-electron chi connectivity index (χ4n) is 5.77. The van der Waals surface area contributed by atoms with Crippen molar-refractivity contribution in [3.05, 3.63) is 121 Å². The van der Waals surface area contributed by atoms with Gasteiger partial charge in [-0.15, -0.1) is 35.7 Å². The maximum Gasteiger partial charge on any atom is 2.00 e. The molecule has 7 rings (SSSR count). The molecule has 7 nitrogen and oxygen atoms in total. The molecule has 0 aliphatic carbocycles. The average molecular weight is 802 g/mol. The zero-order chi connectivity index (χ0) is 31.6. The van der Waals surface area contributed by atoms with E-state index >= 15 is 0 Å². The van der Waals surface area contributed by atoms with Crippen LogP contribution in [-0.4, -0.2) is 32.5 Å². The standard InChI is InChI=1S/C39H34N4O3.Pt/c1-5-44-36-15-10-16-37(45-6-2)39(36)28-24-41-42(25-28)29-11-9-12-30(22-29)46-31-17-18-33-32-13-7-8-14-34(32)43(35(33)23-31)38-21-27(26(3)4)19-20-40-38;/h7-21,24-26H,5-6H2,1-4H3;/q-2;+2. The Hall–Kier alpha value is -4.87. The Kier molecular flexibility index (Phi) is 9.46. The van der Waals surface area contributed by atoms with Gasteiger partial charge in [-0.25, -0.2) is 4.98 Å². The summed E-state index contributed by atoms with van der Waals surface area (Å²) in [5.41, 5.74) is 5.69. The van der Waals surface area contributed by atoms with Crippen molar-refractivity contribution >= 4 is 21.8 Å². The van der Waals surface area contributed by atoms with E-state index < -0.39 is 0 Å². The fourth-order valence-corrected chi connectivity index (χ4v) is 5.77. The molecule has 0 fully saturated rings. The number of nitrogens with zero attached hydrogens (tertiary/aromatic N) is 4. The molecule has 47 heavy (non-hydrogen) atoms. The summed E-state index contributed by atoms with van der Waals surface area (Å²) < 4.78 is 22.2. The number of rotatable bonds is 10. The quantitative estimate of drug-likeness (QED) is 0.129. The zero-order valence-electron chi connectivity index (χ0n) is 26.6. The van der Waals surface area contributed by atoms with Gasteiger partial charge < -0.3 is 18.8 Å². The number of aromatic nitrogens is 4. The van der Waals surface area contributed by atoms with Crippen LogP contribution in [0.1, 0.15) is 39.2 Å². The van der Waals surface area contributed by atoms with Crippen LogP contribution < -0.4 is 14.2 Å². The molecule has 4 aromatic carbocycles. The Morgan fingerprint density at radius 3 is 2.30 bits per heavy atom. The molecule has 0 spiro atoms. The van der Waals surface area contributed by atoms with Crippen LogP contribution in [0.15, 0.2) is 104 Å². The molecule has 0 radical (unpaired) electrons. The Morgan fingerprint density at radius 1 is 0.787 bits per heavy atom. The van der Waals surface area contributed by atoms with Gasteiger partial charge in [-0.05, 0) is 66.7 Å². The Morgan fingerprint density at radius 2 is 1.53 bits per heavy atom. The largest absolute Gasteiger partial charge is 2.00 e. The van der Waals surface area contributed by atoms with Gasteiger partial charge >= 0.3 is 21.1 Å². The summed E-state index contributed by atoms with van der Waals surface area (Å²) in [7, 11) is 0. The van der Waals surface area contributed by atoms with Gasteiger partial charge in [-0.3, -0.25) is 4.68 Å². The molecule has 0 saturated carbocycles. The second-order valence-corrected chi connectivity index (χ2v) is 11.2. The average Bonchev–Trinajstić information content (AvgIpc) is 3.69. The third-order valence-corrected chi connectivity index (χ3v) is 7.90. The van der Waals surface area contributed by atoms with Crippen LogP contribution in [0.25, 0.3) is 44.4 Å². The summed E-state index contributed by atoms with van der Waals surface area (Å²) in [5, 5.41) is 6.86. The predicted molar refractivity (Wildman–Crippen MR) is 182 cm³/mol. The van der Waals surface area contributed by atoms with Gasteiger partial charge in [-0.1, -0.05) is 43.6 Å². The van der Waals surface area contributed by atoms with Crippen molar-refractivity contribution in [3.8, 4) is 45.6 Å². The number of hydrogen-bond donors (Lipinski definition) is 0. The molecule has 0 saturated heterocycles. The molecule has 3 aromatic heterocycles. The number of hydrogen-bond acceptors (Lipinski definition) is 5. The van der Waals surface area contributed by atoms with Gasteiger partial charge in [0.25, 0.3) is 0 Å². The molecular formula is C39H34N4O3Pt. The molecule has 0 amide bonds. The van der Waals surface area contributed by atoms with Gasteiger partial charge in [-0.2, -0.15) is 17.2 Å². The van der Waals surface area contributed by atoms with Gasteiger partial charge in [0.05, 0.1) is 25.0 Å². The third kappa shape index (κ3) is 6.28. The van der Waals surface area contributed by atoms with Crippen molar-refractivity contribution in [2.45, 2.75) is 33.6 Å². The van der Waals surface area contributed by atoms with Gasteiger partial charge in [0.1, 0.15) is 17.3 Å². The van der Waals surface area contributed by atoms with E-state index in [-0.39, 0.29) is 21.1 Å². The molecule has 0 aliphatic heterocycles. The van der Waals surface area contributed by atoms with E-state index in [0.29, 0.717) is 30.6 Å². The minimum atomic E-state index is 0. The number of benzene rings is 4. The molecule has 238 valence electrons. The summed E-state index contributed by atoms with van der Waals surface area (Å²) in [4.78, 5) is 4.75. The number of ether oxygens (including phenoxy) is 3. The minimum Gasteiger partial charge on any atom is -0.509 e. The maximum absolute atomic E-state index is 6.37. The molecule has 7 aromatic rings. The van der Waals surface area contributed by atoms with E-state index in [9.17, 15) is 0 Å². The first kappa shape index (κ1) is 32.1. The molecule has 0 bridgehead atoms. The smallest absolute Gasteiger partial charge is 0.509 e. The summed E-state index contributed by atoms with van der Waals surface area (Å²) >= 11 is 0. The first-order chi connectivity index (χ1) is 22.5. The van der Waals surface area contributed by atoms with Gasteiger partial charge in [0, 0.05) is 35.0 Å². The number of para-hydroxylation sites is 1. The van der Waals surface area contributed by atoms with E-state index in [2.05, 4.69) is 78.1 Å². The Labute approximate surface area is 289 Å². The van der Waals surface area contributed by atoms with Crippen LogP contribution in [0.5, 0.6) is 23.0 Å². The third-order valence-electron chi connectivity index (χ3n) is 7.90. The summed E-state index contributed by atoms with van der Waals surface area (Å²) in [6.07, 6.45) is 5.63. The van der Waals surface area contributed by atoms with Crippen molar-refractivity contribution in [2.75, 3.05) is 13.2 Å². The van der Waals surface area contributed by atoms with Crippen molar-refractivity contribution in [1.29, 1.82) is 0 Å². The molecule has 0 N–H and O–H groups in total. The van der Waals surface area contributed by atoms with Crippen LogP contribution in [0.4, 0.5) is 0 Å². The number of pyridine rings is 1. The van der Waals surface area contributed by atoms with E-state index in [1.165, 1.54) is 5.56 Å². The van der Waals surface area contributed by atoms with Gasteiger partial charge in [0.15, 0.2) is 0 Å². The first-order valence-corrected chi connectivity index (χ1v) is 15.6. The van der Waals surface area contributed by atoms with Gasteiger partial charge in [0.2, 0.25) is 0 Å². The van der Waals surface area contributed by atoms with E-state index in [4.69, 9.17) is 19.2 Å². The molecular weight excluding hydrogens is 768 g/mol. The molecule has 0 atom stereocenters. The van der Waals surface area contributed by atoms with E-state index in [1.54, 1.807) is 4.68 Å². The minimum absolute atomic E-state index is 0. The van der Waals surface area contributed by atoms with Crippen LogP contribution >= 0.6 is 0 Å². The van der Waals surface area contributed by atoms with Crippen LogP contribution in [-0.2, 0) is 21.1 Å². The van der Waals surface area contributed by atoms with Crippen molar-refractivity contribution < 1.29 is 35.3 Å². The molecule has 3 heterocycles. The van der Waals surface area contributed by atoms with E-state index in [0.717, 1.165) is 55.9 Å². The Balaban J connectivity index is 0.00000386. The Bertz CT molecular complexity index is 2140. The second kappa shape index (κ2) is 13.9. The van der Waals surface area contributed by atoms with Crippen LogP contribution in [0.2, 0.25) is 0 Å². The molecule has 0 aliphatic rings. The second-order valence-electron chi connectivity index (χ2n) is 11.2.